The third-order valence-electron chi connectivity index (χ3n) is 1.64. The van der Waals surface area contributed by atoms with Crippen molar-refractivity contribution in [2.75, 3.05) is 0 Å². The summed E-state index contributed by atoms with van der Waals surface area (Å²) >= 11 is 11.2. The highest BCUT2D eigenvalue weighted by Crippen LogP contribution is 2.32. The molecule has 0 spiro atoms. The number of halogens is 2. The first kappa shape index (κ1) is 12.2. The predicted octanol–water partition coefficient (Wildman–Crippen LogP) is 2.11. The Balaban J connectivity index is 3.30. The van der Waals surface area contributed by atoms with Crippen molar-refractivity contribution < 1.29 is 9.72 Å². The van der Waals surface area contributed by atoms with Crippen molar-refractivity contribution in [1.29, 1.82) is 5.26 Å². The van der Waals surface area contributed by atoms with Gasteiger partial charge in [-0.25, -0.2) is 0 Å². The van der Waals surface area contributed by atoms with Gasteiger partial charge in [0.1, 0.15) is 5.02 Å². The number of nitro benzene ring substituents is 1. The quantitative estimate of drug-likeness (QED) is 0.381. The number of nitrogens with zero attached hydrogens (tertiary/aromatic N) is 2. The lowest BCUT2D eigenvalue weighted by molar-refractivity contribution is -0.384. The number of carbonyl (C=O) groups is 1. The van der Waals surface area contributed by atoms with Crippen molar-refractivity contribution in [2.24, 2.45) is 0 Å². The van der Waals surface area contributed by atoms with Gasteiger partial charge >= 0.3 is 0 Å². The maximum atomic E-state index is 11.2. The molecule has 1 N–H and O–H groups in total. The lowest BCUT2D eigenvalue weighted by Gasteiger charge is -2.01. The molecule has 16 heavy (non-hydrogen) atoms. The molecule has 0 bridgehead atoms. The lowest BCUT2D eigenvalue weighted by Crippen LogP contribution is -2.17. The molecule has 0 aliphatic rings. The third kappa shape index (κ3) is 2.39. The first-order valence-electron chi connectivity index (χ1n) is 3.80. The van der Waals surface area contributed by atoms with Crippen LogP contribution in [0.15, 0.2) is 12.1 Å². The fourth-order valence-corrected chi connectivity index (χ4v) is 1.35. The molecule has 8 heteroatoms. The van der Waals surface area contributed by atoms with Crippen molar-refractivity contribution in [3.05, 3.63) is 37.9 Å². The van der Waals surface area contributed by atoms with Crippen LogP contribution in [0, 0.1) is 21.6 Å². The highest BCUT2D eigenvalue weighted by Gasteiger charge is 2.19. The van der Waals surface area contributed by atoms with Crippen molar-refractivity contribution in [3.63, 3.8) is 0 Å². The molecule has 1 amide bonds. The Hall–Kier alpha value is -1.84. The zero-order valence-electron chi connectivity index (χ0n) is 7.53. The summed E-state index contributed by atoms with van der Waals surface area (Å²) in [7, 11) is 0. The number of nitrogens with one attached hydrogen (secondary N) is 1. The maximum Gasteiger partial charge on any atom is 0.290 e. The van der Waals surface area contributed by atoms with E-state index in [9.17, 15) is 14.9 Å². The number of benzene rings is 1. The molecule has 0 aliphatic heterocycles. The van der Waals surface area contributed by atoms with Crippen molar-refractivity contribution in [3.8, 4) is 6.19 Å². The van der Waals surface area contributed by atoms with E-state index in [1.54, 1.807) is 0 Å². The second-order valence-electron chi connectivity index (χ2n) is 2.61. The van der Waals surface area contributed by atoms with Crippen LogP contribution >= 0.6 is 23.2 Å². The summed E-state index contributed by atoms with van der Waals surface area (Å²) in [6.45, 7) is 0. The van der Waals surface area contributed by atoms with Gasteiger partial charge in [0.2, 0.25) is 0 Å². The SMILES string of the molecule is N#CNC(=O)c1cc(Cl)c(Cl)c([N+](=O)[O-])c1. The molecule has 6 nitrogen and oxygen atoms in total. The number of carbonyl (C=O) groups excluding carboxylic acids is 1. The van der Waals surface area contributed by atoms with Crippen molar-refractivity contribution >= 4 is 34.8 Å². The number of nitriles is 1. The molecule has 0 aliphatic carbocycles. The van der Waals surface area contributed by atoms with Crippen molar-refractivity contribution in [1.82, 2.24) is 5.32 Å². The topological polar surface area (TPSA) is 96.0 Å². The second kappa shape index (κ2) is 4.79. The normalized spacial score (nSPS) is 9.31. The van der Waals surface area contributed by atoms with Crippen LogP contribution in [-0.4, -0.2) is 10.8 Å². The Labute approximate surface area is 99.5 Å². The van der Waals surface area contributed by atoms with E-state index in [2.05, 4.69) is 0 Å². The van der Waals surface area contributed by atoms with Crippen LogP contribution in [0.2, 0.25) is 10.0 Å². The van der Waals surface area contributed by atoms with E-state index in [4.69, 9.17) is 28.5 Å². The predicted molar refractivity (Wildman–Crippen MR) is 56.2 cm³/mol. The molecule has 1 aromatic carbocycles. The number of amides is 1. The monoisotopic (exact) mass is 259 g/mol. The van der Waals surface area contributed by atoms with Crippen LogP contribution in [0.4, 0.5) is 5.69 Å². The molecule has 0 unspecified atom stereocenters. The fraction of sp³-hybridized carbons (Fsp3) is 0. The Morgan fingerprint density at radius 3 is 2.62 bits per heavy atom. The third-order valence-corrected chi connectivity index (χ3v) is 2.43. The minimum atomic E-state index is -0.788. The minimum Gasteiger partial charge on any atom is -0.268 e. The summed E-state index contributed by atoms with van der Waals surface area (Å²) in [5.41, 5.74) is -0.597. The first-order valence-corrected chi connectivity index (χ1v) is 4.56. The number of rotatable bonds is 2. The maximum absolute atomic E-state index is 11.2. The number of hydrogen-bond donors (Lipinski definition) is 1. The van der Waals surface area contributed by atoms with Gasteiger partial charge in [-0.1, -0.05) is 23.2 Å². The molecular formula is C8H3Cl2N3O3. The van der Waals surface area contributed by atoms with E-state index in [0.29, 0.717) is 0 Å². The lowest BCUT2D eigenvalue weighted by atomic mass is 10.2. The van der Waals surface area contributed by atoms with E-state index in [0.717, 1.165) is 12.1 Å². The van der Waals surface area contributed by atoms with Crippen LogP contribution in [0.25, 0.3) is 0 Å². The fourth-order valence-electron chi connectivity index (χ4n) is 0.961. The Bertz CT molecular complexity index is 510. The molecule has 0 aromatic heterocycles. The number of hydrogen-bond acceptors (Lipinski definition) is 4. The zero-order valence-corrected chi connectivity index (χ0v) is 9.04. The van der Waals surface area contributed by atoms with E-state index < -0.39 is 16.5 Å². The number of nitro groups is 1. The van der Waals surface area contributed by atoms with Crippen LogP contribution in [0.1, 0.15) is 10.4 Å². The summed E-state index contributed by atoms with van der Waals surface area (Å²) < 4.78 is 0. The van der Waals surface area contributed by atoms with Gasteiger partial charge in [-0.05, 0) is 6.07 Å². The Kier molecular flexibility index (Phi) is 3.66. The summed E-state index contributed by atoms with van der Waals surface area (Å²) in [5, 5.41) is 20.2. The van der Waals surface area contributed by atoms with Crippen molar-refractivity contribution in [2.45, 2.75) is 0 Å². The Morgan fingerprint density at radius 1 is 1.50 bits per heavy atom. The molecule has 0 atom stereocenters. The summed E-state index contributed by atoms with van der Waals surface area (Å²) in [5.74, 6) is -0.788. The molecule has 82 valence electrons. The minimum absolute atomic E-state index is 0.109. The Morgan fingerprint density at radius 2 is 2.12 bits per heavy atom. The van der Waals surface area contributed by atoms with Gasteiger partial charge in [-0.15, -0.1) is 0 Å². The average molecular weight is 260 g/mol. The summed E-state index contributed by atoms with van der Waals surface area (Å²) in [6.07, 6.45) is 1.40. The molecular weight excluding hydrogens is 257 g/mol. The van der Waals surface area contributed by atoms with E-state index in [1.807, 2.05) is 5.32 Å². The van der Waals surface area contributed by atoms with Crippen LogP contribution in [-0.2, 0) is 0 Å². The van der Waals surface area contributed by atoms with Gasteiger partial charge < -0.3 is 0 Å². The average Bonchev–Trinajstić information content (AvgIpc) is 2.21. The highest BCUT2D eigenvalue weighted by molar-refractivity contribution is 6.43. The molecule has 0 heterocycles. The highest BCUT2D eigenvalue weighted by atomic mass is 35.5. The van der Waals surface area contributed by atoms with Gasteiger partial charge in [0.05, 0.1) is 9.95 Å². The summed E-state index contributed by atoms with van der Waals surface area (Å²) in [6, 6.07) is 2.09. The zero-order chi connectivity index (χ0) is 12.3. The molecule has 0 saturated heterocycles. The van der Waals surface area contributed by atoms with Gasteiger partial charge in [0.15, 0.2) is 6.19 Å². The van der Waals surface area contributed by atoms with Gasteiger partial charge in [0, 0.05) is 11.6 Å². The molecule has 0 radical (unpaired) electrons. The van der Waals surface area contributed by atoms with Gasteiger partial charge in [0.25, 0.3) is 11.6 Å². The van der Waals surface area contributed by atoms with Crippen LogP contribution in [0.3, 0.4) is 0 Å². The first-order chi connectivity index (χ1) is 7.47. The van der Waals surface area contributed by atoms with Crippen LogP contribution < -0.4 is 5.32 Å². The standard InChI is InChI=1S/C8H3Cl2N3O3/c9-5-1-4(8(14)12-3-11)2-6(7(5)10)13(15)16/h1-2H,(H,12,14). The molecule has 0 fully saturated rings. The molecule has 1 aromatic rings. The van der Waals surface area contributed by atoms with Gasteiger partial charge in [-0.2, -0.15) is 5.26 Å². The van der Waals surface area contributed by atoms with Crippen LogP contribution in [0.5, 0.6) is 0 Å². The van der Waals surface area contributed by atoms with E-state index >= 15 is 0 Å². The van der Waals surface area contributed by atoms with Gasteiger partial charge in [-0.3, -0.25) is 20.2 Å². The molecule has 1 rings (SSSR count). The molecule has 0 saturated carbocycles. The largest absolute Gasteiger partial charge is 0.290 e. The smallest absolute Gasteiger partial charge is 0.268 e. The second-order valence-corrected chi connectivity index (χ2v) is 3.40. The van der Waals surface area contributed by atoms with E-state index in [1.165, 1.54) is 6.19 Å². The van der Waals surface area contributed by atoms with E-state index in [-0.39, 0.29) is 15.6 Å². The summed E-state index contributed by atoms with van der Waals surface area (Å²) in [4.78, 5) is 21.0.